The summed E-state index contributed by atoms with van der Waals surface area (Å²) < 4.78 is 10.1. The van der Waals surface area contributed by atoms with Gasteiger partial charge in [0.2, 0.25) is 0 Å². The summed E-state index contributed by atoms with van der Waals surface area (Å²) >= 11 is 5.96. The van der Waals surface area contributed by atoms with Gasteiger partial charge in [-0.1, -0.05) is 23.7 Å². The Balaban J connectivity index is 2.42. The maximum absolute atomic E-state index is 11.2. The highest BCUT2D eigenvalue weighted by atomic mass is 35.5. The summed E-state index contributed by atoms with van der Waals surface area (Å²) in [5, 5.41) is 0.382. The van der Waals surface area contributed by atoms with Gasteiger partial charge in [0.05, 0.1) is 10.6 Å². The van der Waals surface area contributed by atoms with Gasteiger partial charge in [-0.15, -0.1) is 0 Å². The van der Waals surface area contributed by atoms with E-state index in [0.29, 0.717) is 10.6 Å². The predicted octanol–water partition coefficient (Wildman–Crippen LogP) is 2.00. The summed E-state index contributed by atoms with van der Waals surface area (Å²) in [7, 11) is 0. The topological polar surface area (TPSA) is 52.6 Å². The third-order valence-corrected chi connectivity index (χ3v) is 2.60. The molecule has 0 aromatic heterocycles. The highest BCUT2D eigenvalue weighted by molar-refractivity contribution is 6.31. The summed E-state index contributed by atoms with van der Waals surface area (Å²) in [5.41, 5.74) is 0.457. The molecule has 0 bridgehead atoms. The standard InChI is InChI=1S/C11H9ClO4/c1-11(7-4-2-3-5-8(7)12)15-9(13)6-10(14)16-11/h2-5H,6H2,1H3. The minimum atomic E-state index is -1.43. The molecule has 0 radical (unpaired) electrons. The molecular formula is C11H9ClO4. The molecule has 0 N–H and O–H groups in total. The molecule has 0 saturated carbocycles. The zero-order chi connectivity index (χ0) is 11.8. The Hall–Kier alpha value is -1.55. The van der Waals surface area contributed by atoms with Gasteiger partial charge < -0.3 is 9.47 Å². The van der Waals surface area contributed by atoms with Crippen molar-refractivity contribution in [2.45, 2.75) is 19.1 Å². The molecule has 2 rings (SSSR count). The van der Waals surface area contributed by atoms with Crippen LogP contribution in [0.25, 0.3) is 0 Å². The molecule has 5 heteroatoms. The number of hydrogen-bond donors (Lipinski definition) is 0. The van der Waals surface area contributed by atoms with Crippen LogP contribution in [0.2, 0.25) is 5.02 Å². The molecule has 16 heavy (non-hydrogen) atoms. The third kappa shape index (κ3) is 1.88. The lowest BCUT2D eigenvalue weighted by atomic mass is 10.1. The van der Waals surface area contributed by atoms with Gasteiger partial charge in [-0.25, -0.2) is 0 Å². The van der Waals surface area contributed by atoms with Crippen molar-refractivity contribution in [2.75, 3.05) is 0 Å². The van der Waals surface area contributed by atoms with E-state index in [1.165, 1.54) is 6.92 Å². The maximum Gasteiger partial charge on any atom is 0.320 e. The van der Waals surface area contributed by atoms with Crippen LogP contribution in [0.1, 0.15) is 18.9 Å². The quantitative estimate of drug-likeness (QED) is 0.557. The summed E-state index contributed by atoms with van der Waals surface area (Å²) in [4.78, 5) is 22.4. The fourth-order valence-corrected chi connectivity index (χ4v) is 1.89. The molecule has 84 valence electrons. The van der Waals surface area contributed by atoms with E-state index in [0.717, 1.165) is 0 Å². The van der Waals surface area contributed by atoms with Crippen LogP contribution in [0.4, 0.5) is 0 Å². The Morgan fingerprint density at radius 2 is 1.75 bits per heavy atom. The van der Waals surface area contributed by atoms with E-state index in [1.54, 1.807) is 24.3 Å². The first-order valence-electron chi connectivity index (χ1n) is 4.70. The highest BCUT2D eigenvalue weighted by Gasteiger charge is 2.41. The molecule has 1 heterocycles. The van der Waals surface area contributed by atoms with E-state index in [9.17, 15) is 9.59 Å². The van der Waals surface area contributed by atoms with Crippen LogP contribution in [0, 0.1) is 0 Å². The van der Waals surface area contributed by atoms with Gasteiger partial charge in [0, 0.05) is 6.92 Å². The third-order valence-electron chi connectivity index (χ3n) is 2.27. The zero-order valence-electron chi connectivity index (χ0n) is 8.53. The van der Waals surface area contributed by atoms with Crippen LogP contribution < -0.4 is 0 Å². The van der Waals surface area contributed by atoms with Gasteiger partial charge in [0.1, 0.15) is 6.42 Å². The van der Waals surface area contributed by atoms with Crippen molar-refractivity contribution >= 4 is 23.5 Å². The number of benzene rings is 1. The molecule has 0 unspecified atom stereocenters. The maximum atomic E-state index is 11.2. The van der Waals surface area contributed by atoms with Crippen LogP contribution in [0.3, 0.4) is 0 Å². The lowest BCUT2D eigenvalue weighted by Crippen LogP contribution is -2.40. The molecule has 1 aromatic carbocycles. The van der Waals surface area contributed by atoms with Crippen molar-refractivity contribution in [1.29, 1.82) is 0 Å². The Bertz CT molecular complexity index is 439. The molecule has 1 fully saturated rings. The fraction of sp³-hybridized carbons (Fsp3) is 0.273. The summed E-state index contributed by atoms with van der Waals surface area (Å²) in [6.45, 7) is 1.49. The second kappa shape index (κ2) is 3.79. The number of ether oxygens (including phenoxy) is 2. The van der Waals surface area contributed by atoms with Gasteiger partial charge in [0.15, 0.2) is 0 Å². The molecule has 1 aromatic rings. The number of rotatable bonds is 1. The number of carbonyl (C=O) groups excluding carboxylic acids is 2. The first-order valence-corrected chi connectivity index (χ1v) is 5.08. The summed E-state index contributed by atoms with van der Waals surface area (Å²) in [6.07, 6.45) is -0.361. The Morgan fingerprint density at radius 3 is 2.31 bits per heavy atom. The first kappa shape index (κ1) is 11.0. The van der Waals surface area contributed by atoms with Gasteiger partial charge >= 0.3 is 11.9 Å². The molecule has 1 aliphatic rings. The van der Waals surface area contributed by atoms with Gasteiger partial charge in [-0.3, -0.25) is 9.59 Å². The Morgan fingerprint density at radius 1 is 1.19 bits per heavy atom. The average molecular weight is 241 g/mol. The number of cyclic esters (lactones) is 2. The number of hydrogen-bond acceptors (Lipinski definition) is 4. The van der Waals surface area contributed by atoms with Crippen LogP contribution >= 0.6 is 11.6 Å². The molecule has 0 spiro atoms. The molecule has 0 amide bonds. The van der Waals surface area contributed by atoms with E-state index in [1.807, 2.05) is 0 Å². The van der Waals surface area contributed by atoms with Crippen LogP contribution in [0.5, 0.6) is 0 Å². The van der Waals surface area contributed by atoms with Crippen molar-refractivity contribution in [3.63, 3.8) is 0 Å². The molecule has 0 aliphatic carbocycles. The second-order valence-electron chi connectivity index (χ2n) is 3.55. The van der Waals surface area contributed by atoms with E-state index < -0.39 is 17.7 Å². The van der Waals surface area contributed by atoms with Crippen molar-refractivity contribution < 1.29 is 19.1 Å². The SMILES string of the molecule is CC1(c2ccccc2Cl)OC(=O)CC(=O)O1. The van der Waals surface area contributed by atoms with Gasteiger partial charge in [-0.2, -0.15) is 0 Å². The number of halogens is 1. The lowest BCUT2D eigenvalue weighted by molar-refractivity contribution is -0.242. The highest BCUT2D eigenvalue weighted by Crippen LogP contribution is 2.35. The van der Waals surface area contributed by atoms with E-state index in [4.69, 9.17) is 21.1 Å². The van der Waals surface area contributed by atoms with E-state index in [-0.39, 0.29) is 6.42 Å². The summed E-state index contributed by atoms with van der Waals surface area (Å²) in [5.74, 6) is -2.65. The minimum absolute atomic E-state index is 0.361. The zero-order valence-corrected chi connectivity index (χ0v) is 9.28. The smallest absolute Gasteiger partial charge is 0.320 e. The lowest BCUT2D eigenvalue weighted by Gasteiger charge is -2.33. The van der Waals surface area contributed by atoms with E-state index in [2.05, 4.69) is 0 Å². The van der Waals surface area contributed by atoms with Gasteiger partial charge in [0.25, 0.3) is 5.79 Å². The first-order chi connectivity index (χ1) is 7.51. The number of carbonyl (C=O) groups is 2. The van der Waals surface area contributed by atoms with Crippen molar-refractivity contribution in [2.24, 2.45) is 0 Å². The van der Waals surface area contributed by atoms with Gasteiger partial charge in [-0.05, 0) is 12.1 Å². The molecule has 1 saturated heterocycles. The number of esters is 2. The Labute approximate surface area is 97.1 Å². The normalized spacial score (nSPS) is 18.9. The molecule has 4 nitrogen and oxygen atoms in total. The largest absolute Gasteiger partial charge is 0.418 e. The van der Waals surface area contributed by atoms with Crippen LogP contribution in [-0.4, -0.2) is 11.9 Å². The fourth-order valence-electron chi connectivity index (χ4n) is 1.58. The van der Waals surface area contributed by atoms with E-state index >= 15 is 0 Å². The average Bonchev–Trinajstić information content (AvgIpc) is 2.15. The van der Waals surface area contributed by atoms with Crippen LogP contribution in [0.15, 0.2) is 24.3 Å². The molecular weight excluding hydrogens is 232 g/mol. The minimum Gasteiger partial charge on any atom is -0.418 e. The molecule has 0 atom stereocenters. The summed E-state index contributed by atoms with van der Waals surface area (Å²) in [6, 6.07) is 6.75. The van der Waals surface area contributed by atoms with Crippen molar-refractivity contribution in [3.05, 3.63) is 34.9 Å². The van der Waals surface area contributed by atoms with Crippen molar-refractivity contribution in [1.82, 2.24) is 0 Å². The van der Waals surface area contributed by atoms with Crippen LogP contribution in [-0.2, 0) is 24.8 Å². The Kier molecular flexibility index (Phi) is 2.59. The monoisotopic (exact) mass is 240 g/mol. The second-order valence-corrected chi connectivity index (χ2v) is 3.96. The van der Waals surface area contributed by atoms with Crippen molar-refractivity contribution in [3.8, 4) is 0 Å². The predicted molar refractivity (Wildman–Crippen MR) is 55.6 cm³/mol. The molecule has 1 aliphatic heterocycles.